The number of hydrogen-bond donors (Lipinski definition) is 1. The number of piperidine rings is 1. The molecule has 2 aromatic carbocycles. The lowest BCUT2D eigenvalue weighted by Gasteiger charge is -2.44. The monoisotopic (exact) mass is 401 g/mol. The molecule has 1 saturated heterocycles. The molecule has 0 aromatic heterocycles. The van der Waals surface area contributed by atoms with Gasteiger partial charge in [-0.2, -0.15) is 0 Å². The molecule has 1 fully saturated rings. The molecule has 4 nitrogen and oxygen atoms in total. The summed E-state index contributed by atoms with van der Waals surface area (Å²) in [5, 5.41) is 11.2. The van der Waals surface area contributed by atoms with Crippen LogP contribution in [0.3, 0.4) is 0 Å². The van der Waals surface area contributed by atoms with E-state index in [0.717, 1.165) is 19.1 Å². The number of carbonyl (C=O) groups is 1. The number of likely N-dealkylation sites (tertiary alicyclic amines) is 1. The number of aliphatic hydroxyl groups is 1. The molecule has 0 spiro atoms. The van der Waals surface area contributed by atoms with E-state index in [1.807, 2.05) is 62.1 Å². The van der Waals surface area contributed by atoms with E-state index in [-0.39, 0.29) is 5.41 Å². The Morgan fingerprint density at radius 2 is 1.54 bits per heavy atom. The summed E-state index contributed by atoms with van der Waals surface area (Å²) < 4.78 is 5.73. The molecule has 0 saturated carbocycles. The number of benzene rings is 2. The molecule has 3 rings (SSSR count). The van der Waals surface area contributed by atoms with Gasteiger partial charge in [-0.1, -0.05) is 48.0 Å². The van der Waals surface area contributed by atoms with Crippen LogP contribution in [0.2, 0.25) is 5.02 Å². The quantitative estimate of drug-likeness (QED) is 0.586. The molecule has 0 aliphatic carbocycles. The predicted molar refractivity (Wildman–Crippen MR) is 112 cm³/mol. The average molecular weight is 402 g/mol. The van der Waals surface area contributed by atoms with E-state index in [9.17, 15) is 9.90 Å². The van der Waals surface area contributed by atoms with Crippen LogP contribution in [-0.2, 0) is 10.2 Å². The summed E-state index contributed by atoms with van der Waals surface area (Å²) in [5.74, 6) is 0. The molecule has 0 bridgehead atoms. The van der Waals surface area contributed by atoms with Crippen molar-refractivity contribution in [1.29, 1.82) is 0 Å². The van der Waals surface area contributed by atoms with Gasteiger partial charge in [0.25, 0.3) is 0 Å². The highest BCUT2D eigenvalue weighted by atomic mass is 35.5. The summed E-state index contributed by atoms with van der Waals surface area (Å²) in [4.78, 5) is 13.0. The molecule has 1 heterocycles. The van der Waals surface area contributed by atoms with E-state index in [4.69, 9.17) is 16.3 Å². The highest BCUT2D eigenvalue weighted by Crippen LogP contribution is 2.42. The van der Waals surface area contributed by atoms with E-state index < -0.39 is 12.0 Å². The summed E-state index contributed by atoms with van der Waals surface area (Å²) in [6, 6.07) is 15.8. The van der Waals surface area contributed by atoms with Gasteiger partial charge in [0.15, 0.2) is 0 Å². The number of halogens is 1. The minimum absolute atomic E-state index is 0.191. The molecule has 0 amide bonds. The van der Waals surface area contributed by atoms with Crippen molar-refractivity contribution < 1.29 is 14.6 Å². The summed E-state index contributed by atoms with van der Waals surface area (Å²) >= 11 is 6.11. The second kappa shape index (κ2) is 8.34. The average Bonchev–Trinajstić information content (AvgIpc) is 2.67. The normalized spacial score (nSPS) is 18.6. The number of aldehydes is 1. The van der Waals surface area contributed by atoms with Crippen LogP contribution in [-0.4, -0.2) is 41.4 Å². The first-order valence-electron chi connectivity index (χ1n) is 9.65. The molecule has 0 radical (unpaired) electrons. The van der Waals surface area contributed by atoms with Crippen LogP contribution < -0.4 is 0 Å². The first-order valence-corrected chi connectivity index (χ1v) is 10.0. The van der Waals surface area contributed by atoms with Crippen molar-refractivity contribution in [3.05, 3.63) is 70.2 Å². The van der Waals surface area contributed by atoms with Crippen molar-refractivity contribution in [2.45, 2.75) is 51.0 Å². The summed E-state index contributed by atoms with van der Waals surface area (Å²) in [6.45, 7) is 7.22. The zero-order valence-corrected chi connectivity index (χ0v) is 17.4. The smallest absolute Gasteiger partial charge is 0.216 e. The first-order chi connectivity index (χ1) is 13.2. The lowest BCUT2D eigenvalue weighted by atomic mass is 9.68. The van der Waals surface area contributed by atoms with Crippen LogP contribution in [0.4, 0.5) is 0 Å². The van der Waals surface area contributed by atoms with Gasteiger partial charge in [-0.3, -0.25) is 9.69 Å². The molecule has 1 atom stereocenters. The number of carbonyl (C=O) groups excluding carboxylic acids is 1. The zero-order valence-electron chi connectivity index (χ0n) is 16.7. The Morgan fingerprint density at radius 3 is 2.00 bits per heavy atom. The van der Waals surface area contributed by atoms with Crippen molar-refractivity contribution >= 4 is 17.9 Å². The molecule has 150 valence electrons. The molecule has 1 unspecified atom stereocenters. The molecular formula is C23H28ClNO3. The Bertz CT molecular complexity index is 788. The number of hydrogen-bond acceptors (Lipinski definition) is 4. The van der Waals surface area contributed by atoms with E-state index in [2.05, 4.69) is 12.1 Å². The topological polar surface area (TPSA) is 49.8 Å². The molecular weight excluding hydrogens is 374 g/mol. The van der Waals surface area contributed by atoms with E-state index in [1.54, 1.807) is 0 Å². The maximum atomic E-state index is 11.1. The van der Waals surface area contributed by atoms with Crippen molar-refractivity contribution in [2.24, 2.45) is 0 Å². The van der Waals surface area contributed by atoms with Crippen LogP contribution in [0.1, 0.15) is 55.1 Å². The van der Waals surface area contributed by atoms with Gasteiger partial charge in [0.2, 0.25) is 6.41 Å². The van der Waals surface area contributed by atoms with Crippen LogP contribution in [0, 0.1) is 0 Å². The predicted octanol–water partition coefficient (Wildman–Crippen LogP) is 4.63. The molecule has 1 aliphatic heterocycles. The zero-order chi connectivity index (χ0) is 20.4. The Kier molecular flexibility index (Phi) is 6.25. The maximum absolute atomic E-state index is 11.1. The molecule has 2 aromatic rings. The van der Waals surface area contributed by atoms with Crippen LogP contribution in [0.15, 0.2) is 48.5 Å². The maximum Gasteiger partial charge on any atom is 0.216 e. The highest BCUT2D eigenvalue weighted by Gasteiger charge is 2.39. The van der Waals surface area contributed by atoms with Gasteiger partial charge in [-0.15, -0.1) is 0 Å². The fourth-order valence-corrected chi connectivity index (χ4v) is 4.04. The largest absolute Gasteiger partial charge is 0.356 e. The standard InChI is InChI=1S/C23H28ClNO3/c1-22(2,3)28-21(27)25-14-12-23(13-15-25,19-8-10-20(24)11-9-19)18-6-4-17(16-26)5-7-18/h4-11,16,21,27H,12-15H2,1-3H3. The second-order valence-corrected chi connectivity index (χ2v) is 8.86. The number of nitrogens with zero attached hydrogens (tertiary/aromatic N) is 1. The Hall–Kier alpha value is -1.72. The third-order valence-corrected chi connectivity index (χ3v) is 5.67. The van der Waals surface area contributed by atoms with E-state index >= 15 is 0 Å². The molecule has 1 N–H and O–H groups in total. The Morgan fingerprint density at radius 1 is 1.04 bits per heavy atom. The lowest BCUT2D eigenvalue weighted by Crippen LogP contribution is -2.50. The Labute approximate surface area is 172 Å². The minimum atomic E-state index is -0.916. The van der Waals surface area contributed by atoms with Crippen LogP contribution in [0.5, 0.6) is 0 Å². The van der Waals surface area contributed by atoms with E-state index in [0.29, 0.717) is 23.7 Å². The van der Waals surface area contributed by atoms with Crippen LogP contribution in [0.25, 0.3) is 0 Å². The van der Waals surface area contributed by atoms with Gasteiger partial charge in [-0.25, -0.2) is 0 Å². The van der Waals surface area contributed by atoms with Gasteiger partial charge < -0.3 is 9.84 Å². The molecule has 5 heteroatoms. The lowest BCUT2D eigenvalue weighted by molar-refractivity contribution is -0.243. The van der Waals surface area contributed by atoms with Gasteiger partial charge in [0.1, 0.15) is 6.29 Å². The van der Waals surface area contributed by atoms with Crippen molar-refractivity contribution in [3.63, 3.8) is 0 Å². The van der Waals surface area contributed by atoms with Gasteiger partial charge in [0, 0.05) is 29.1 Å². The van der Waals surface area contributed by atoms with Crippen molar-refractivity contribution in [3.8, 4) is 0 Å². The van der Waals surface area contributed by atoms with Crippen molar-refractivity contribution in [1.82, 2.24) is 4.90 Å². The number of ether oxygens (including phenoxy) is 1. The van der Waals surface area contributed by atoms with Crippen LogP contribution >= 0.6 is 11.6 Å². The van der Waals surface area contributed by atoms with Gasteiger partial charge >= 0.3 is 0 Å². The van der Waals surface area contributed by atoms with Gasteiger partial charge in [-0.05, 0) is 56.9 Å². The minimum Gasteiger partial charge on any atom is -0.356 e. The third kappa shape index (κ3) is 4.64. The summed E-state index contributed by atoms with van der Waals surface area (Å²) in [6.07, 6.45) is 1.61. The summed E-state index contributed by atoms with van der Waals surface area (Å²) in [7, 11) is 0. The van der Waals surface area contributed by atoms with Crippen molar-refractivity contribution in [2.75, 3.05) is 13.1 Å². The second-order valence-electron chi connectivity index (χ2n) is 8.42. The third-order valence-electron chi connectivity index (χ3n) is 5.42. The first kappa shape index (κ1) is 21.0. The van der Waals surface area contributed by atoms with E-state index in [1.165, 1.54) is 11.1 Å². The fraction of sp³-hybridized carbons (Fsp3) is 0.435. The summed E-state index contributed by atoms with van der Waals surface area (Å²) in [5.41, 5.74) is 2.44. The highest BCUT2D eigenvalue weighted by molar-refractivity contribution is 6.30. The number of aliphatic hydroxyl groups excluding tert-OH is 1. The molecule has 28 heavy (non-hydrogen) atoms. The SMILES string of the molecule is CC(C)(C)OC(O)N1CCC(c2ccc(Cl)cc2)(c2ccc(C=O)cc2)CC1. The number of rotatable bonds is 5. The Balaban J connectivity index is 1.89. The van der Waals surface area contributed by atoms with Gasteiger partial charge in [0.05, 0.1) is 5.60 Å². The molecule has 1 aliphatic rings. The fourth-order valence-electron chi connectivity index (χ4n) is 3.91.